The first-order chi connectivity index (χ1) is 9.88. The van der Waals surface area contributed by atoms with Gasteiger partial charge >= 0.3 is 0 Å². The van der Waals surface area contributed by atoms with Gasteiger partial charge in [-0.3, -0.25) is 10.1 Å². The summed E-state index contributed by atoms with van der Waals surface area (Å²) in [4.78, 5) is 10.6. The van der Waals surface area contributed by atoms with E-state index in [-0.39, 0.29) is 12.2 Å². The fraction of sp³-hybridized carbons (Fsp3) is 0.200. The van der Waals surface area contributed by atoms with Crippen molar-refractivity contribution in [2.24, 2.45) is 0 Å². The first-order valence-corrected chi connectivity index (χ1v) is 6.69. The highest BCUT2D eigenvalue weighted by Gasteiger charge is 2.15. The van der Waals surface area contributed by atoms with Gasteiger partial charge < -0.3 is 5.32 Å². The summed E-state index contributed by atoms with van der Waals surface area (Å²) in [6.45, 7) is 3.79. The Balaban J connectivity index is 2.29. The lowest BCUT2D eigenvalue weighted by molar-refractivity contribution is -0.384. The zero-order valence-corrected chi connectivity index (χ0v) is 12.4. The van der Waals surface area contributed by atoms with Crippen LogP contribution in [0.3, 0.4) is 0 Å². The molecule has 1 N–H and O–H groups in total. The number of benzene rings is 2. The highest BCUT2D eigenvalue weighted by Crippen LogP contribution is 2.28. The average Bonchev–Trinajstić information content (AvgIpc) is 2.42. The lowest BCUT2D eigenvalue weighted by Gasteiger charge is -2.10. The summed E-state index contributed by atoms with van der Waals surface area (Å²) >= 11 is 5.82. The molecule has 0 amide bonds. The molecule has 6 heteroatoms. The van der Waals surface area contributed by atoms with Gasteiger partial charge in [-0.05, 0) is 49.2 Å². The Morgan fingerprint density at radius 3 is 2.57 bits per heavy atom. The smallest absolute Gasteiger partial charge is 0.292 e. The quantitative estimate of drug-likeness (QED) is 0.662. The number of nitro benzene ring substituents is 1. The highest BCUT2D eigenvalue weighted by molar-refractivity contribution is 6.30. The fourth-order valence-electron chi connectivity index (χ4n) is 1.96. The maximum absolute atomic E-state index is 13.6. The standard InChI is InChI=1S/C15H14ClFN2O2/c1-9-5-14(15(19(20)21)6-10(9)2)18-8-11-7-12(16)3-4-13(11)17/h3-7,18H,8H2,1-2H3. The van der Waals surface area contributed by atoms with Crippen LogP contribution in [-0.4, -0.2) is 4.92 Å². The van der Waals surface area contributed by atoms with Gasteiger partial charge in [0.25, 0.3) is 5.69 Å². The Morgan fingerprint density at radius 1 is 1.24 bits per heavy atom. The molecule has 4 nitrogen and oxygen atoms in total. The third-order valence-corrected chi connectivity index (χ3v) is 3.52. The number of halogens is 2. The molecule has 0 saturated carbocycles. The maximum Gasteiger partial charge on any atom is 0.292 e. The predicted octanol–water partition coefficient (Wildman–Crippen LogP) is 4.62. The van der Waals surface area contributed by atoms with E-state index in [2.05, 4.69) is 5.32 Å². The first kappa shape index (κ1) is 15.3. The molecule has 0 saturated heterocycles. The predicted molar refractivity (Wildman–Crippen MR) is 81.3 cm³/mol. The second kappa shape index (κ2) is 6.10. The largest absolute Gasteiger partial charge is 0.375 e. The van der Waals surface area contributed by atoms with E-state index >= 15 is 0 Å². The lowest BCUT2D eigenvalue weighted by atomic mass is 10.1. The minimum absolute atomic E-state index is 0.0273. The van der Waals surface area contributed by atoms with E-state index < -0.39 is 10.7 Å². The molecule has 0 aliphatic heterocycles. The molecule has 0 aromatic heterocycles. The molecule has 0 radical (unpaired) electrons. The van der Waals surface area contributed by atoms with Gasteiger partial charge in [-0.2, -0.15) is 0 Å². The summed E-state index contributed by atoms with van der Waals surface area (Å²) in [6, 6.07) is 7.42. The number of hydrogen-bond acceptors (Lipinski definition) is 3. The van der Waals surface area contributed by atoms with Crippen molar-refractivity contribution in [3.63, 3.8) is 0 Å². The zero-order chi connectivity index (χ0) is 15.6. The lowest BCUT2D eigenvalue weighted by Crippen LogP contribution is -2.05. The Labute approximate surface area is 126 Å². The molecule has 2 aromatic rings. The molecule has 0 aliphatic rings. The van der Waals surface area contributed by atoms with Crippen LogP contribution in [0.1, 0.15) is 16.7 Å². The van der Waals surface area contributed by atoms with Crippen molar-refractivity contribution >= 4 is 23.0 Å². The molecule has 110 valence electrons. The van der Waals surface area contributed by atoms with E-state index in [1.807, 2.05) is 13.8 Å². The van der Waals surface area contributed by atoms with Crippen molar-refractivity contribution in [1.82, 2.24) is 0 Å². The SMILES string of the molecule is Cc1cc(NCc2cc(Cl)ccc2F)c([N+](=O)[O-])cc1C. The second-order valence-corrected chi connectivity index (χ2v) is 5.24. The van der Waals surface area contributed by atoms with Gasteiger partial charge in [0.05, 0.1) is 4.92 Å². The Morgan fingerprint density at radius 2 is 1.90 bits per heavy atom. The fourth-order valence-corrected chi connectivity index (χ4v) is 2.16. The van der Waals surface area contributed by atoms with E-state index in [0.29, 0.717) is 16.3 Å². The van der Waals surface area contributed by atoms with Crippen LogP contribution in [0.15, 0.2) is 30.3 Å². The number of aryl methyl sites for hydroxylation is 2. The van der Waals surface area contributed by atoms with E-state index in [9.17, 15) is 14.5 Å². The van der Waals surface area contributed by atoms with E-state index in [4.69, 9.17) is 11.6 Å². The number of nitrogens with zero attached hydrogens (tertiary/aromatic N) is 1. The summed E-state index contributed by atoms with van der Waals surface area (Å²) in [7, 11) is 0. The van der Waals surface area contributed by atoms with E-state index in [0.717, 1.165) is 11.1 Å². The monoisotopic (exact) mass is 308 g/mol. The minimum atomic E-state index is -0.455. The molecule has 2 aromatic carbocycles. The Hall–Kier alpha value is -2.14. The number of hydrogen-bond donors (Lipinski definition) is 1. The molecule has 0 aliphatic carbocycles. The van der Waals surface area contributed by atoms with Crippen LogP contribution < -0.4 is 5.32 Å². The molecule has 0 atom stereocenters. The highest BCUT2D eigenvalue weighted by atomic mass is 35.5. The van der Waals surface area contributed by atoms with Crippen LogP contribution in [0, 0.1) is 29.8 Å². The average molecular weight is 309 g/mol. The third-order valence-electron chi connectivity index (χ3n) is 3.29. The number of nitrogens with one attached hydrogen (secondary N) is 1. The van der Waals surface area contributed by atoms with Gasteiger partial charge in [-0.1, -0.05) is 11.6 Å². The molecule has 0 fully saturated rings. The summed E-state index contributed by atoms with van der Waals surface area (Å²) in [5.74, 6) is -0.404. The minimum Gasteiger partial charge on any atom is -0.375 e. The number of rotatable bonds is 4. The van der Waals surface area contributed by atoms with Gasteiger partial charge in [0.15, 0.2) is 0 Å². The van der Waals surface area contributed by atoms with Gasteiger partial charge in [0.1, 0.15) is 11.5 Å². The van der Waals surface area contributed by atoms with Crippen LogP contribution in [0.25, 0.3) is 0 Å². The van der Waals surface area contributed by atoms with Gasteiger partial charge in [-0.25, -0.2) is 4.39 Å². The molecular weight excluding hydrogens is 295 g/mol. The second-order valence-electron chi connectivity index (χ2n) is 4.80. The molecule has 0 heterocycles. The number of anilines is 1. The Bertz CT molecular complexity index is 704. The van der Waals surface area contributed by atoms with Crippen molar-refractivity contribution in [3.8, 4) is 0 Å². The zero-order valence-electron chi connectivity index (χ0n) is 11.6. The van der Waals surface area contributed by atoms with Crippen molar-refractivity contribution in [1.29, 1.82) is 0 Å². The van der Waals surface area contributed by atoms with Gasteiger partial charge in [0, 0.05) is 23.2 Å². The van der Waals surface area contributed by atoms with Crippen LogP contribution in [0.5, 0.6) is 0 Å². The molecular formula is C15H14ClFN2O2. The first-order valence-electron chi connectivity index (χ1n) is 6.32. The van der Waals surface area contributed by atoms with Gasteiger partial charge in [-0.15, -0.1) is 0 Å². The van der Waals surface area contributed by atoms with E-state index in [1.54, 1.807) is 6.07 Å². The van der Waals surface area contributed by atoms with Crippen molar-refractivity contribution < 1.29 is 9.31 Å². The third kappa shape index (κ3) is 3.49. The molecule has 2 rings (SSSR count). The Kier molecular flexibility index (Phi) is 4.43. The summed E-state index contributed by atoms with van der Waals surface area (Å²) in [5, 5.41) is 14.4. The van der Waals surface area contributed by atoms with Gasteiger partial charge in [0.2, 0.25) is 0 Å². The number of nitro groups is 1. The van der Waals surface area contributed by atoms with Crippen molar-refractivity contribution in [2.75, 3.05) is 5.32 Å². The van der Waals surface area contributed by atoms with Crippen LogP contribution in [-0.2, 0) is 6.54 Å². The van der Waals surface area contributed by atoms with Crippen molar-refractivity contribution in [2.45, 2.75) is 20.4 Å². The van der Waals surface area contributed by atoms with Crippen molar-refractivity contribution in [3.05, 3.63) is 68.0 Å². The van der Waals surface area contributed by atoms with Crippen LogP contribution in [0.4, 0.5) is 15.8 Å². The molecule has 21 heavy (non-hydrogen) atoms. The maximum atomic E-state index is 13.6. The summed E-state index contributed by atoms with van der Waals surface area (Å²) in [5.41, 5.74) is 2.45. The van der Waals surface area contributed by atoms with Crippen LogP contribution >= 0.6 is 11.6 Å². The summed E-state index contributed by atoms with van der Waals surface area (Å²) in [6.07, 6.45) is 0. The normalized spacial score (nSPS) is 10.5. The molecule has 0 bridgehead atoms. The topological polar surface area (TPSA) is 55.2 Å². The van der Waals surface area contributed by atoms with Crippen LogP contribution in [0.2, 0.25) is 5.02 Å². The van der Waals surface area contributed by atoms with E-state index in [1.165, 1.54) is 24.3 Å². The summed E-state index contributed by atoms with van der Waals surface area (Å²) < 4.78 is 13.6. The molecule has 0 unspecified atom stereocenters. The molecule has 0 spiro atoms.